The molecule has 2 heteroatoms. The molecule has 0 unspecified atom stereocenters. The molecule has 0 aromatic heterocycles. The van der Waals surface area contributed by atoms with E-state index in [4.69, 9.17) is 0 Å². The molecule has 0 saturated heterocycles. The van der Waals surface area contributed by atoms with Crippen molar-refractivity contribution in [3.63, 3.8) is 0 Å². The second-order valence-electron chi connectivity index (χ2n) is 6.21. The summed E-state index contributed by atoms with van der Waals surface area (Å²) in [4.78, 5) is 1.48. The van der Waals surface area contributed by atoms with Crippen LogP contribution in [0.4, 0.5) is 5.69 Å². The number of nitrogens with one attached hydrogen (secondary N) is 1. The van der Waals surface area contributed by atoms with Crippen molar-refractivity contribution in [1.82, 2.24) is 0 Å². The maximum absolute atomic E-state index is 3.63. The van der Waals surface area contributed by atoms with Crippen molar-refractivity contribution in [1.29, 1.82) is 0 Å². The van der Waals surface area contributed by atoms with Gasteiger partial charge in [-0.15, -0.1) is 0 Å². The van der Waals surface area contributed by atoms with Crippen LogP contribution >= 0.6 is 10.0 Å². The van der Waals surface area contributed by atoms with Crippen molar-refractivity contribution >= 4 is 26.5 Å². The van der Waals surface area contributed by atoms with E-state index < -0.39 is 10.0 Å². The van der Waals surface area contributed by atoms with Crippen molar-refractivity contribution in [2.75, 3.05) is 23.7 Å². The minimum absolute atomic E-state index is 0.909. The van der Waals surface area contributed by atoms with E-state index in [-0.39, 0.29) is 0 Å². The van der Waals surface area contributed by atoms with Gasteiger partial charge in [0.05, 0.1) is 0 Å². The molecule has 0 atom stereocenters. The van der Waals surface area contributed by atoms with Gasteiger partial charge in [0.2, 0.25) is 0 Å². The first-order valence-corrected chi connectivity index (χ1v) is 10.2. The maximum atomic E-state index is 3.63. The average molecular weight is 309 g/mol. The first-order valence-electron chi connectivity index (χ1n) is 7.56. The molecule has 3 rings (SSSR count). The van der Waals surface area contributed by atoms with Gasteiger partial charge in [-0.25, -0.2) is 10.0 Å². The van der Waals surface area contributed by atoms with Crippen molar-refractivity contribution < 1.29 is 0 Å². The minimum atomic E-state index is -0.909. The van der Waals surface area contributed by atoms with Crippen LogP contribution < -0.4 is 5.32 Å². The van der Waals surface area contributed by atoms with Gasteiger partial charge in [-0.1, -0.05) is 48.5 Å². The Hall–Kier alpha value is -1.93. The summed E-state index contributed by atoms with van der Waals surface area (Å²) in [6.45, 7) is 2.13. The minimum Gasteiger partial charge on any atom is -0.377 e. The van der Waals surface area contributed by atoms with Gasteiger partial charge >= 0.3 is 0 Å². The number of benzene rings is 3. The monoisotopic (exact) mass is 309 g/mol. The summed E-state index contributed by atoms with van der Waals surface area (Å²) in [6.07, 6.45) is 4.77. The molecule has 3 aromatic rings. The maximum Gasteiger partial charge on any atom is 0.0490 e. The lowest BCUT2D eigenvalue weighted by molar-refractivity contribution is 1.38. The lowest BCUT2D eigenvalue weighted by Gasteiger charge is -2.33. The summed E-state index contributed by atoms with van der Waals surface area (Å²) >= 11 is 0. The Labute approximate surface area is 134 Å². The number of hydrogen-bond acceptors (Lipinski definition) is 1. The van der Waals surface area contributed by atoms with E-state index in [0.29, 0.717) is 0 Å². The molecule has 3 aromatic carbocycles. The van der Waals surface area contributed by atoms with Crippen molar-refractivity contribution in [2.45, 2.75) is 11.8 Å². The standard InChI is InChI=1S/C20H23NS/c1-16-8-6-11-18(14-16)21-15-22(2,3)20-13-7-10-17-9-4-5-12-19(17)20/h4-14,21H,15H2,1-3H3. The summed E-state index contributed by atoms with van der Waals surface area (Å²) in [5, 5.41) is 6.34. The van der Waals surface area contributed by atoms with Crippen molar-refractivity contribution in [2.24, 2.45) is 0 Å². The zero-order valence-corrected chi connectivity index (χ0v) is 14.3. The lowest BCUT2D eigenvalue weighted by atomic mass is 10.1. The Balaban J connectivity index is 1.88. The van der Waals surface area contributed by atoms with Crippen LogP contribution in [0.5, 0.6) is 0 Å². The van der Waals surface area contributed by atoms with Gasteiger partial charge < -0.3 is 5.32 Å². The molecule has 0 fully saturated rings. The number of hydrogen-bond donors (Lipinski definition) is 1. The Kier molecular flexibility index (Phi) is 4.12. The molecule has 22 heavy (non-hydrogen) atoms. The Morgan fingerprint density at radius 1 is 0.864 bits per heavy atom. The highest BCUT2D eigenvalue weighted by molar-refractivity contribution is 8.32. The third-order valence-electron chi connectivity index (χ3n) is 4.00. The van der Waals surface area contributed by atoms with Crippen LogP contribution in [0.15, 0.2) is 71.6 Å². The van der Waals surface area contributed by atoms with Gasteiger partial charge in [-0.2, -0.15) is 0 Å². The average Bonchev–Trinajstić information content (AvgIpc) is 2.52. The van der Waals surface area contributed by atoms with Crippen molar-refractivity contribution in [3.8, 4) is 0 Å². The van der Waals surface area contributed by atoms with Crippen LogP contribution in [-0.4, -0.2) is 18.4 Å². The van der Waals surface area contributed by atoms with Crippen LogP contribution in [0.1, 0.15) is 5.56 Å². The molecule has 0 bridgehead atoms. The molecule has 0 spiro atoms. The van der Waals surface area contributed by atoms with Crippen LogP contribution in [0.3, 0.4) is 0 Å². The third-order valence-corrected chi connectivity index (χ3v) is 6.41. The zero-order valence-electron chi connectivity index (χ0n) is 13.5. The highest BCUT2D eigenvalue weighted by Gasteiger charge is 2.17. The van der Waals surface area contributed by atoms with Gasteiger partial charge in [0.25, 0.3) is 0 Å². The van der Waals surface area contributed by atoms with E-state index in [9.17, 15) is 0 Å². The molecule has 1 nitrogen and oxygen atoms in total. The molecular formula is C20H23NS. The van der Waals surface area contributed by atoms with E-state index in [1.165, 1.54) is 26.9 Å². The van der Waals surface area contributed by atoms with Crippen LogP contribution in [0.25, 0.3) is 10.8 Å². The summed E-state index contributed by atoms with van der Waals surface area (Å²) in [6, 6.07) is 23.9. The Morgan fingerprint density at radius 3 is 2.41 bits per heavy atom. The quantitative estimate of drug-likeness (QED) is 0.657. The summed E-state index contributed by atoms with van der Waals surface area (Å²) in [5.41, 5.74) is 2.50. The van der Waals surface area contributed by atoms with Gasteiger partial charge in [0.1, 0.15) is 0 Å². The Morgan fingerprint density at radius 2 is 1.59 bits per heavy atom. The van der Waals surface area contributed by atoms with Gasteiger partial charge in [-0.05, 0) is 58.9 Å². The molecule has 0 aliphatic carbocycles. The van der Waals surface area contributed by atoms with Crippen molar-refractivity contribution in [3.05, 3.63) is 72.3 Å². The fraction of sp³-hybridized carbons (Fsp3) is 0.200. The highest BCUT2D eigenvalue weighted by atomic mass is 32.3. The molecule has 1 N–H and O–H groups in total. The van der Waals surface area contributed by atoms with Crippen LogP contribution in [0.2, 0.25) is 0 Å². The smallest absolute Gasteiger partial charge is 0.0490 e. The van der Waals surface area contributed by atoms with E-state index in [0.717, 1.165) is 5.88 Å². The van der Waals surface area contributed by atoms with E-state index in [1.807, 2.05) is 0 Å². The second-order valence-corrected chi connectivity index (χ2v) is 10.0. The van der Waals surface area contributed by atoms with E-state index in [2.05, 4.69) is 91.5 Å². The van der Waals surface area contributed by atoms with Gasteiger partial charge in [0, 0.05) is 11.6 Å². The molecule has 114 valence electrons. The molecular weight excluding hydrogens is 286 g/mol. The Bertz CT molecular complexity index is 787. The fourth-order valence-electron chi connectivity index (χ4n) is 2.77. The number of rotatable bonds is 4. The van der Waals surface area contributed by atoms with Gasteiger partial charge in [0.15, 0.2) is 0 Å². The molecule has 0 saturated carbocycles. The molecule has 0 heterocycles. The molecule has 0 radical (unpaired) electrons. The third kappa shape index (κ3) is 3.12. The van der Waals surface area contributed by atoms with Crippen LogP contribution in [-0.2, 0) is 0 Å². The highest BCUT2D eigenvalue weighted by Crippen LogP contribution is 2.51. The lowest BCUT2D eigenvalue weighted by Crippen LogP contribution is -2.11. The topological polar surface area (TPSA) is 12.0 Å². The molecule has 0 aliphatic rings. The van der Waals surface area contributed by atoms with E-state index in [1.54, 1.807) is 0 Å². The summed E-state index contributed by atoms with van der Waals surface area (Å²) in [7, 11) is -0.909. The fourth-order valence-corrected chi connectivity index (χ4v) is 4.69. The predicted molar refractivity (Wildman–Crippen MR) is 101 cm³/mol. The second kappa shape index (κ2) is 6.05. The van der Waals surface area contributed by atoms with Crippen LogP contribution in [0, 0.1) is 6.92 Å². The SMILES string of the molecule is Cc1cccc(NCS(C)(C)c2cccc3ccccc23)c1. The largest absolute Gasteiger partial charge is 0.377 e. The molecule has 0 amide bonds. The summed E-state index contributed by atoms with van der Waals surface area (Å²) < 4.78 is 0. The first-order chi connectivity index (χ1) is 10.6. The zero-order chi connectivity index (χ0) is 15.6. The number of anilines is 1. The normalized spacial score (nSPS) is 12.3. The number of aryl methyl sites for hydroxylation is 1. The number of fused-ring (bicyclic) bond motifs is 1. The van der Waals surface area contributed by atoms with Gasteiger partial charge in [-0.3, -0.25) is 0 Å². The summed E-state index contributed by atoms with van der Waals surface area (Å²) in [5.74, 6) is 0.991. The van der Waals surface area contributed by atoms with E-state index >= 15 is 0 Å². The predicted octanol–water partition coefficient (Wildman–Crippen LogP) is 5.64. The first kappa shape index (κ1) is 15.0. The molecule has 0 aliphatic heterocycles.